The minimum atomic E-state index is -6.09. The van der Waals surface area contributed by atoms with Crippen LogP contribution in [0.3, 0.4) is 0 Å². The van der Waals surface area contributed by atoms with E-state index in [-0.39, 0.29) is 0 Å². The highest BCUT2D eigenvalue weighted by Crippen LogP contribution is 2.61. The molecule has 36 heavy (non-hydrogen) atoms. The molecule has 4 aliphatic carbocycles. The molecular formula is C22H25F3O10S. The van der Waals surface area contributed by atoms with Gasteiger partial charge < -0.3 is 18.9 Å². The standard InChI is InChI=1S/C22H25F3O10S/c23-11(22(24,25)36(29,30)31)7-32-18(26)12-13-15-16(34-19(13)27)17(14(12)33-15)35-20(28)21-4-8-1-9(5-21)3-10(2-8)6-21/h8-17H,1-7H2,(H,29,30,31). The van der Waals surface area contributed by atoms with Gasteiger partial charge in [0.2, 0.25) is 6.17 Å². The Hall–Kier alpha value is -1.93. The first-order valence-corrected chi connectivity index (χ1v) is 13.5. The van der Waals surface area contributed by atoms with Crippen molar-refractivity contribution in [3.05, 3.63) is 0 Å². The zero-order valence-corrected chi connectivity index (χ0v) is 19.7. The molecule has 0 aromatic rings. The van der Waals surface area contributed by atoms with E-state index in [1.165, 1.54) is 0 Å². The third-order valence-corrected chi connectivity index (χ3v) is 9.92. The highest BCUT2D eigenvalue weighted by atomic mass is 32.2. The van der Waals surface area contributed by atoms with Gasteiger partial charge in [0, 0.05) is 0 Å². The van der Waals surface area contributed by atoms with E-state index in [4.69, 9.17) is 18.8 Å². The van der Waals surface area contributed by atoms with Crippen LogP contribution < -0.4 is 0 Å². The zero-order valence-electron chi connectivity index (χ0n) is 18.9. The van der Waals surface area contributed by atoms with Crippen LogP contribution in [0.4, 0.5) is 13.2 Å². The molecule has 4 saturated carbocycles. The van der Waals surface area contributed by atoms with Crippen molar-refractivity contribution in [3.63, 3.8) is 0 Å². The van der Waals surface area contributed by atoms with Gasteiger partial charge in [-0.25, -0.2) is 4.39 Å². The first kappa shape index (κ1) is 24.4. The number of alkyl halides is 3. The van der Waals surface area contributed by atoms with Crippen LogP contribution in [0, 0.1) is 35.0 Å². The molecule has 6 bridgehead atoms. The van der Waals surface area contributed by atoms with Gasteiger partial charge in [-0.3, -0.25) is 18.9 Å². The van der Waals surface area contributed by atoms with Crippen molar-refractivity contribution in [2.24, 2.45) is 35.0 Å². The van der Waals surface area contributed by atoms with Crippen molar-refractivity contribution in [1.82, 2.24) is 0 Å². The molecule has 3 aliphatic heterocycles. The molecule has 0 spiro atoms. The lowest BCUT2D eigenvalue weighted by Crippen LogP contribution is -2.54. The fourth-order valence-corrected chi connectivity index (χ4v) is 8.25. The van der Waals surface area contributed by atoms with Gasteiger partial charge in [0.05, 0.1) is 5.41 Å². The second-order valence-corrected chi connectivity index (χ2v) is 12.7. The van der Waals surface area contributed by atoms with Gasteiger partial charge in [-0.1, -0.05) is 0 Å². The van der Waals surface area contributed by atoms with E-state index in [1.54, 1.807) is 0 Å². The summed E-state index contributed by atoms with van der Waals surface area (Å²) in [6.45, 7) is -1.69. The lowest BCUT2D eigenvalue weighted by atomic mass is 9.49. The largest absolute Gasteiger partial charge is 0.462 e. The number of esters is 3. The zero-order chi connectivity index (χ0) is 25.8. The maximum atomic E-state index is 13.8. The van der Waals surface area contributed by atoms with Crippen LogP contribution in [0.25, 0.3) is 0 Å². The van der Waals surface area contributed by atoms with E-state index in [0.717, 1.165) is 38.5 Å². The van der Waals surface area contributed by atoms with Gasteiger partial charge in [-0.2, -0.15) is 17.2 Å². The second-order valence-electron chi connectivity index (χ2n) is 11.2. The van der Waals surface area contributed by atoms with Gasteiger partial charge in [0.1, 0.15) is 30.7 Å². The molecule has 7 aliphatic rings. The van der Waals surface area contributed by atoms with E-state index >= 15 is 0 Å². The number of carbonyl (C=O) groups excluding carboxylic acids is 3. The number of ether oxygens (including phenoxy) is 4. The van der Waals surface area contributed by atoms with E-state index < -0.39 is 87.7 Å². The SMILES string of the molecule is O=C1OC2C(OC(=O)C34CC5CC(CC(C5)C3)C4)C3OC2C1C3C(=O)OCC(F)C(F)(F)S(=O)(=O)O. The molecule has 3 heterocycles. The molecule has 200 valence electrons. The second kappa shape index (κ2) is 7.79. The Morgan fingerprint density at radius 3 is 2.22 bits per heavy atom. The number of hydrogen-bond acceptors (Lipinski definition) is 9. The minimum Gasteiger partial charge on any atom is -0.462 e. The molecule has 7 unspecified atom stereocenters. The van der Waals surface area contributed by atoms with E-state index in [2.05, 4.69) is 4.74 Å². The average Bonchev–Trinajstić information content (AvgIpc) is 3.39. The molecule has 7 atom stereocenters. The third kappa shape index (κ3) is 3.43. The van der Waals surface area contributed by atoms with Crippen molar-refractivity contribution >= 4 is 28.0 Å². The fourth-order valence-electron chi connectivity index (χ4n) is 7.86. The highest BCUT2D eigenvalue weighted by molar-refractivity contribution is 7.86. The van der Waals surface area contributed by atoms with Crippen LogP contribution in [0.1, 0.15) is 38.5 Å². The summed E-state index contributed by atoms with van der Waals surface area (Å²) in [6, 6.07) is 0. The van der Waals surface area contributed by atoms with Crippen LogP contribution in [-0.2, 0) is 43.4 Å². The predicted octanol–water partition coefficient (Wildman–Crippen LogP) is 1.42. The molecule has 0 aromatic carbocycles. The Labute approximate surface area is 203 Å². The van der Waals surface area contributed by atoms with Crippen LogP contribution in [-0.4, -0.2) is 73.3 Å². The molecule has 3 saturated heterocycles. The van der Waals surface area contributed by atoms with Crippen molar-refractivity contribution in [2.75, 3.05) is 6.61 Å². The number of rotatable bonds is 7. The Balaban J connectivity index is 1.17. The summed E-state index contributed by atoms with van der Waals surface area (Å²) in [7, 11) is -6.09. The molecule has 7 rings (SSSR count). The first-order chi connectivity index (χ1) is 16.8. The number of fused-ring (bicyclic) bond motifs is 1. The van der Waals surface area contributed by atoms with Gasteiger partial charge in [0.25, 0.3) is 0 Å². The van der Waals surface area contributed by atoms with Gasteiger partial charge in [0.15, 0.2) is 12.2 Å². The molecule has 7 fully saturated rings. The topological polar surface area (TPSA) is 142 Å². The smallest absolute Gasteiger partial charge is 0.403 e. The van der Waals surface area contributed by atoms with E-state index in [1.807, 2.05) is 0 Å². The molecular weight excluding hydrogens is 513 g/mol. The lowest BCUT2D eigenvalue weighted by Gasteiger charge is -2.55. The first-order valence-electron chi connectivity index (χ1n) is 12.0. The van der Waals surface area contributed by atoms with Crippen LogP contribution in [0.5, 0.6) is 0 Å². The van der Waals surface area contributed by atoms with Crippen molar-refractivity contribution < 1.29 is 59.5 Å². The summed E-state index contributed by atoms with van der Waals surface area (Å²) < 4.78 is 92.2. The van der Waals surface area contributed by atoms with Crippen LogP contribution >= 0.6 is 0 Å². The molecule has 0 aromatic heterocycles. The summed E-state index contributed by atoms with van der Waals surface area (Å²) in [5.41, 5.74) is -0.628. The summed E-state index contributed by atoms with van der Waals surface area (Å²) in [5.74, 6) is -3.71. The maximum absolute atomic E-state index is 13.8. The average molecular weight is 538 g/mol. The van der Waals surface area contributed by atoms with Crippen molar-refractivity contribution in [2.45, 2.75) is 74.4 Å². The Morgan fingerprint density at radius 1 is 1.08 bits per heavy atom. The maximum Gasteiger partial charge on any atom is 0.403 e. The summed E-state index contributed by atoms with van der Waals surface area (Å²) >= 11 is 0. The molecule has 1 N–H and O–H groups in total. The monoisotopic (exact) mass is 538 g/mol. The third-order valence-electron chi connectivity index (χ3n) is 8.97. The Bertz CT molecular complexity index is 1070. The number of halogens is 3. The quantitative estimate of drug-likeness (QED) is 0.287. The molecule has 10 nitrogen and oxygen atoms in total. The van der Waals surface area contributed by atoms with E-state index in [0.29, 0.717) is 17.8 Å². The van der Waals surface area contributed by atoms with Gasteiger partial charge in [-0.15, -0.1) is 0 Å². The van der Waals surface area contributed by atoms with Crippen molar-refractivity contribution in [3.8, 4) is 0 Å². The van der Waals surface area contributed by atoms with Crippen LogP contribution in [0.15, 0.2) is 0 Å². The normalized spacial score (nSPS) is 45.0. The van der Waals surface area contributed by atoms with Gasteiger partial charge >= 0.3 is 33.3 Å². The van der Waals surface area contributed by atoms with Crippen LogP contribution in [0.2, 0.25) is 0 Å². The molecule has 0 amide bonds. The Kier molecular flexibility index (Phi) is 5.28. The summed E-state index contributed by atoms with van der Waals surface area (Å²) in [6.07, 6.45) is -2.21. The molecule has 0 radical (unpaired) electrons. The fraction of sp³-hybridized carbons (Fsp3) is 0.864. The number of hydrogen-bond donors (Lipinski definition) is 1. The van der Waals surface area contributed by atoms with E-state index in [9.17, 15) is 36.0 Å². The highest BCUT2D eigenvalue weighted by Gasteiger charge is 2.72. The molecule has 14 heteroatoms. The number of carbonyl (C=O) groups is 3. The van der Waals surface area contributed by atoms with Crippen molar-refractivity contribution in [1.29, 1.82) is 0 Å². The summed E-state index contributed by atoms with van der Waals surface area (Å²) in [5, 5.41) is -5.20. The summed E-state index contributed by atoms with van der Waals surface area (Å²) in [4.78, 5) is 38.6. The predicted molar refractivity (Wildman–Crippen MR) is 108 cm³/mol. The minimum absolute atomic E-state index is 0.425. The Morgan fingerprint density at radius 2 is 1.67 bits per heavy atom. The lowest BCUT2D eigenvalue weighted by molar-refractivity contribution is -0.186. The van der Waals surface area contributed by atoms with Gasteiger partial charge in [-0.05, 0) is 56.3 Å².